The van der Waals surface area contributed by atoms with Crippen LogP contribution in [0.25, 0.3) is 10.9 Å². The van der Waals surface area contributed by atoms with Crippen molar-refractivity contribution in [1.82, 2.24) is 15.5 Å². The molecule has 1 aliphatic carbocycles. The number of H-pyrrole nitrogens is 1. The maximum atomic E-state index is 13.2. The number of anilines is 1. The van der Waals surface area contributed by atoms with Crippen molar-refractivity contribution in [2.45, 2.75) is 57.9 Å². The Balaban J connectivity index is 1.36. The molecule has 37 heavy (non-hydrogen) atoms. The SMILES string of the molecule is CCCC[C@H](NC(=O)OCC1(Cc2ccc(F)cc2)CCC1)C(=O)C(=O)Nc1n[nH]c2cc(O)ccc12. The molecule has 3 aromatic rings. The number of fused-ring (bicyclic) bond motifs is 1. The van der Waals surface area contributed by atoms with E-state index in [2.05, 4.69) is 20.8 Å². The molecule has 0 saturated heterocycles. The molecule has 1 aromatic heterocycles. The maximum Gasteiger partial charge on any atom is 0.407 e. The third-order valence-corrected chi connectivity index (χ3v) is 6.87. The monoisotopic (exact) mass is 510 g/mol. The minimum Gasteiger partial charge on any atom is -0.508 e. The molecule has 9 nitrogen and oxygen atoms in total. The Kier molecular flexibility index (Phi) is 8.05. The number of alkyl carbamates (subject to hydrolysis) is 1. The van der Waals surface area contributed by atoms with Gasteiger partial charge in [-0.1, -0.05) is 38.3 Å². The lowest BCUT2D eigenvalue weighted by atomic mass is 9.66. The van der Waals surface area contributed by atoms with Crippen molar-refractivity contribution in [3.05, 3.63) is 53.8 Å². The van der Waals surface area contributed by atoms with Gasteiger partial charge in [0.2, 0.25) is 5.78 Å². The van der Waals surface area contributed by atoms with Crippen LogP contribution < -0.4 is 10.6 Å². The number of carbonyl (C=O) groups excluding carboxylic acids is 3. The average molecular weight is 511 g/mol. The zero-order chi connectivity index (χ0) is 26.4. The molecule has 1 heterocycles. The van der Waals surface area contributed by atoms with Crippen LogP contribution in [0.4, 0.5) is 15.0 Å². The number of hydrogen-bond donors (Lipinski definition) is 4. The van der Waals surface area contributed by atoms with Crippen LogP contribution in [0.1, 0.15) is 51.0 Å². The van der Waals surface area contributed by atoms with Gasteiger partial charge < -0.3 is 20.5 Å². The highest BCUT2D eigenvalue weighted by Crippen LogP contribution is 2.44. The van der Waals surface area contributed by atoms with Crippen molar-refractivity contribution < 1.29 is 28.6 Å². The Morgan fingerprint density at radius 3 is 2.62 bits per heavy atom. The van der Waals surface area contributed by atoms with Gasteiger partial charge in [-0.25, -0.2) is 9.18 Å². The second-order valence-corrected chi connectivity index (χ2v) is 9.69. The van der Waals surface area contributed by atoms with E-state index >= 15 is 0 Å². The van der Waals surface area contributed by atoms with E-state index in [1.165, 1.54) is 24.3 Å². The molecule has 0 unspecified atom stereocenters. The van der Waals surface area contributed by atoms with E-state index in [0.717, 1.165) is 31.2 Å². The molecule has 1 aliphatic rings. The highest BCUT2D eigenvalue weighted by atomic mass is 19.1. The van der Waals surface area contributed by atoms with Crippen molar-refractivity contribution in [1.29, 1.82) is 0 Å². The minimum absolute atomic E-state index is 0.0359. The predicted octanol–water partition coefficient (Wildman–Crippen LogP) is 4.61. The second-order valence-electron chi connectivity index (χ2n) is 9.69. The fraction of sp³-hybridized carbons (Fsp3) is 0.407. The van der Waals surface area contributed by atoms with Crippen LogP contribution in [0.3, 0.4) is 0 Å². The normalized spacial score (nSPS) is 15.0. The van der Waals surface area contributed by atoms with Crippen molar-refractivity contribution in [3.8, 4) is 5.75 Å². The first kappa shape index (κ1) is 26.1. The topological polar surface area (TPSA) is 133 Å². The van der Waals surface area contributed by atoms with Gasteiger partial charge in [0.25, 0.3) is 5.91 Å². The summed E-state index contributed by atoms with van der Waals surface area (Å²) in [6.07, 6.45) is 4.38. The van der Waals surface area contributed by atoms with Gasteiger partial charge in [-0.2, -0.15) is 5.10 Å². The Hall–Kier alpha value is -3.95. The van der Waals surface area contributed by atoms with Gasteiger partial charge in [0, 0.05) is 16.9 Å². The highest BCUT2D eigenvalue weighted by molar-refractivity contribution is 6.43. The Morgan fingerprint density at radius 1 is 1.19 bits per heavy atom. The lowest BCUT2D eigenvalue weighted by Gasteiger charge is -2.41. The quantitative estimate of drug-likeness (QED) is 0.278. The highest BCUT2D eigenvalue weighted by Gasteiger charge is 2.39. The van der Waals surface area contributed by atoms with Crippen molar-refractivity contribution in [2.24, 2.45) is 5.41 Å². The number of carbonyl (C=O) groups is 3. The molecule has 4 rings (SSSR count). The summed E-state index contributed by atoms with van der Waals surface area (Å²) in [6, 6.07) is 9.73. The number of rotatable bonds is 11. The predicted molar refractivity (Wildman–Crippen MR) is 136 cm³/mol. The number of halogens is 1. The van der Waals surface area contributed by atoms with Gasteiger partial charge in [0.1, 0.15) is 17.6 Å². The maximum absolute atomic E-state index is 13.2. The Bertz CT molecular complexity index is 1270. The smallest absolute Gasteiger partial charge is 0.407 e. The number of ketones is 1. The summed E-state index contributed by atoms with van der Waals surface area (Å²) < 4.78 is 18.8. The summed E-state index contributed by atoms with van der Waals surface area (Å²) in [5.74, 6) is -1.82. The number of aromatic nitrogens is 2. The first-order valence-electron chi connectivity index (χ1n) is 12.5. The number of nitrogens with zero attached hydrogens (tertiary/aromatic N) is 1. The van der Waals surface area contributed by atoms with Crippen molar-refractivity contribution in [2.75, 3.05) is 11.9 Å². The molecule has 1 saturated carbocycles. The molecule has 0 radical (unpaired) electrons. The van der Waals surface area contributed by atoms with Crippen LogP contribution in [-0.4, -0.2) is 45.7 Å². The lowest BCUT2D eigenvalue weighted by molar-refractivity contribution is -0.136. The molecule has 1 fully saturated rings. The van der Waals surface area contributed by atoms with Crippen molar-refractivity contribution in [3.63, 3.8) is 0 Å². The summed E-state index contributed by atoms with van der Waals surface area (Å²) in [4.78, 5) is 38.3. The van der Waals surface area contributed by atoms with E-state index in [-0.39, 0.29) is 35.8 Å². The van der Waals surface area contributed by atoms with Crippen LogP contribution in [0, 0.1) is 11.2 Å². The molecule has 0 bridgehead atoms. The number of ether oxygens (including phenoxy) is 1. The number of aromatic hydroxyl groups is 1. The number of phenolic OH excluding ortho intramolecular Hbond substituents is 1. The molecule has 196 valence electrons. The molecule has 0 aliphatic heterocycles. The summed E-state index contributed by atoms with van der Waals surface area (Å²) in [7, 11) is 0. The van der Waals surface area contributed by atoms with Gasteiger partial charge in [0.05, 0.1) is 12.1 Å². The van der Waals surface area contributed by atoms with Crippen LogP contribution in [0.2, 0.25) is 0 Å². The number of amides is 2. The number of Topliss-reactive ketones (excluding diaryl/α,β-unsaturated/α-hetero) is 1. The van der Waals surface area contributed by atoms with E-state index in [4.69, 9.17) is 4.74 Å². The number of unbranched alkanes of at least 4 members (excludes halogenated alkanes) is 1. The molecule has 4 N–H and O–H groups in total. The second kappa shape index (κ2) is 11.4. The number of benzene rings is 2. The number of nitrogens with one attached hydrogen (secondary N) is 3. The molecule has 2 amide bonds. The van der Waals surface area contributed by atoms with E-state index in [9.17, 15) is 23.9 Å². The van der Waals surface area contributed by atoms with Gasteiger partial charge in [-0.3, -0.25) is 14.7 Å². The van der Waals surface area contributed by atoms with Gasteiger partial charge in [-0.05, 0) is 55.5 Å². The van der Waals surface area contributed by atoms with E-state index in [1.807, 2.05) is 6.92 Å². The van der Waals surface area contributed by atoms with Crippen molar-refractivity contribution >= 4 is 34.5 Å². The van der Waals surface area contributed by atoms with E-state index < -0.39 is 23.8 Å². The van der Waals surface area contributed by atoms with Crippen LogP contribution in [0.15, 0.2) is 42.5 Å². The van der Waals surface area contributed by atoms with E-state index in [0.29, 0.717) is 23.7 Å². The first-order valence-corrected chi connectivity index (χ1v) is 12.5. The van der Waals surface area contributed by atoms with Crippen LogP contribution in [0.5, 0.6) is 5.75 Å². The van der Waals surface area contributed by atoms with E-state index in [1.54, 1.807) is 18.2 Å². The zero-order valence-corrected chi connectivity index (χ0v) is 20.7. The molecule has 1 atom stereocenters. The summed E-state index contributed by atoms with van der Waals surface area (Å²) in [5, 5.41) is 21.9. The minimum atomic E-state index is -1.05. The third kappa shape index (κ3) is 6.44. The van der Waals surface area contributed by atoms with Gasteiger partial charge >= 0.3 is 6.09 Å². The molecule has 10 heteroatoms. The molecule has 2 aromatic carbocycles. The number of phenols is 1. The molecule has 0 spiro atoms. The fourth-order valence-corrected chi connectivity index (χ4v) is 4.59. The number of hydrogen-bond acceptors (Lipinski definition) is 6. The standard InChI is InChI=1S/C27H31FN4O5/c1-2-3-5-21(23(34)25(35)30-24-20-11-10-19(33)14-22(20)31-32-24)29-26(36)37-16-27(12-4-13-27)15-17-6-8-18(28)9-7-17/h6-11,14,21,33H,2-5,12-13,15-16H2,1H3,(H,29,36)(H2,30,31,32,35)/t21-/m0/s1. The zero-order valence-electron chi connectivity index (χ0n) is 20.7. The largest absolute Gasteiger partial charge is 0.508 e. The summed E-state index contributed by atoms with van der Waals surface area (Å²) in [5.41, 5.74) is 1.25. The van der Waals surface area contributed by atoms with Gasteiger partial charge in [-0.15, -0.1) is 0 Å². The summed E-state index contributed by atoms with van der Waals surface area (Å²) in [6.45, 7) is 2.12. The average Bonchev–Trinajstić information content (AvgIpc) is 3.25. The Labute approximate surface area is 213 Å². The molecular formula is C27H31FN4O5. The summed E-state index contributed by atoms with van der Waals surface area (Å²) >= 11 is 0. The Morgan fingerprint density at radius 2 is 1.95 bits per heavy atom. The lowest BCUT2D eigenvalue weighted by Crippen LogP contribution is -2.47. The third-order valence-electron chi connectivity index (χ3n) is 6.87. The first-order chi connectivity index (χ1) is 17.8. The van der Waals surface area contributed by atoms with Gasteiger partial charge in [0.15, 0.2) is 5.82 Å². The van der Waals surface area contributed by atoms with Crippen LogP contribution >= 0.6 is 0 Å². The molecular weight excluding hydrogens is 479 g/mol. The fourth-order valence-electron chi connectivity index (χ4n) is 4.59. The number of aromatic amines is 1. The van der Waals surface area contributed by atoms with Crippen LogP contribution in [-0.2, 0) is 20.7 Å².